The number of hydrogen-bond donors (Lipinski definition) is 0. The third-order valence-corrected chi connectivity index (χ3v) is 2.62. The van der Waals surface area contributed by atoms with Crippen LogP contribution in [0.2, 0.25) is 0 Å². The molecule has 0 bridgehead atoms. The Balaban J connectivity index is 2.57. The molecule has 0 atom stereocenters. The number of aromatic nitrogens is 2. The zero-order valence-electron chi connectivity index (χ0n) is 10.4. The van der Waals surface area contributed by atoms with Crippen molar-refractivity contribution >= 4 is 17.0 Å². The summed E-state index contributed by atoms with van der Waals surface area (Å²) in [5, 5.41) is 0. The summed E-state index contributed by atoms with van der Waals surface area (Å²) in [5.74, 6) is -0.572. The van der Waals surface area contributed by atoms with Gasteiger partial charge in [-0.15, -0.1) is 0 Å². The second-order valence-electron chi connectivity index (χ2n) is 3.94. The summed E-state index contributed by atoms with van der Waals surface area (Å²) in [6, 6.07) is 4.29. The van der Waals surface area contributed by atoms with Crippen molar-refractivity contribution < 1.29 is 13.9 Å². The number of rotatable bonds is 4. The first kappa shape index (κ1) is 12.5. The molecule has 0 unspecified atom stereocenters. The lowest BCUT2D eigenvalue weighted by Crippen LogP contribution is -2.13. The number of benzene rings is 1. The number of halogens is 1. The van der Waals surface area contributed by atoms with Gasteiger partial charge in [0.05, 0.1) is 17.6 Å². The molecule has 0 N–H and O–H groups in total. The van der Waals surface area contributed by atoms with Gasteiger partial charge in [-0.2, -0.15) is 0 Å². The van der Waals surface area contributed by atoms with Gasteiger partial charge in [-0.1, -0.05) is 6.92 Å². The van der Waals surface area contributed by atoms with Gasteiger partial charge in [-0.3, -0.25) is 0 Å². The Kier molecular flexibility index (Phi) is 3.60. The number of aryl methyl sites for hydroxylation is 1. The van der Waals surface area contributed by atoms with E-state index < -0.39 is 5.97 Å². The van der Waals surface area contributed by atoms with Crippen LogP contribution in [-0.4, -0.2) is 22.1 Å². The van der Waals surface area contributed by atoms with E-state index in [9.17, 15) is 9.18 Å². The van der Waals surface area contributed by atoms with Crippen molar-refractivity contribution in [3.05, 3.63) is 29.8 Å². The number of nitrogens with zero attached hydrogens (tertiary/aromatic N) is 2. The molecule has 2 aromatic rings. The number of carbonyl (C=O) groups excluding carboxylic acids is 1. The first-order valence-corrected chi connectivity index (χ1v) is 6.00. The first-order valence-electron chi connectivity index (χ1n) is 6.00. The number of imidazole rings is 1. The largest absolute Gasteiger partial charge is 0.460 e. The lowest BCUT2D eigenvalue weighted by Gasteiger charge is -2.06. The molecule has 0 aliphatic carbocycles. The highest BCUT2D eigenvalue weighted by Gasteiger charge is 2.18. The Hall–Kier alpha value is -1.91. The van der Waals surface area contributed by atoms with Crippen molar-refractivity contribution in [3.63, 3.8) is 0 Å². The number of ether oxygens (including phenoxy) is 1. The number of carbonyl (C=O) groups is 1. The third kappa shape index (κ3) is 2.20. The summed E-state index contributed by atoms with van der Waals surface area (Å²) in [6.45, 7) is 4.63. The van der Waals surface area contributed by atoms with Crippen LogP contribution in [-0.2, 0) is 11.3 Å². The number of esters is 1. The lowest BCUT2D eigenvalue weighted by atomic mass is 10.3. The zero-order chi connectivity index (χ0) is 13.1. The molecule has 0 aliphatic heterocycles. The van der Waals surface area contributed by atoms with Crippen LogP contribution in [0.25, 0.3) is 11.0 Å². The van der Waals surface area contributed by atoms with Crippen LogP contribution in [0.15, 0.2) is 18.2 Å². The van der Waals surface area contributed by atoms with E-state index in [-0.39, 0.29) is 11.6 Å². The molecule has 1 aromatic carbocycles. The first-order chi connectivity index (χ1) is 8.67. The summed E-state index contributed by atoms with van der Waals surface area (Å²) in [7, 11) is 0. The van der Waals surface area contributed by atoms with Crippen LogP contribution in [0.5, 0.6) is 0 Å². The van der Waals surface area contributed by atoms with Crippen molar-refractivity contribution in [2.75, 3.05) is 6.61 Å². The van der Waals surface area contributed by atoms with Crippen molar-refractivity contribution in [1.82, 2.24) is 9.55 Å². The molecule has 0 amide bonds. The minimum absolute atomic E-state index is 0.235. The maximum absolute atomic E-state index is 13.3. The fourth-order valence-corrected chi connectivity index (χ4v) is 1.90. The van der Waals surface area contributed by atoms with Crippen molar-refractivity contribution in [1.29, 1.82) is 0 Å². The maximum Gasteiger partial charge on any atom is 0.374 e. The summed E-state index contributed by atoms with van der Waals surface area (Å²) in [6.07, 6.45) is 0.828. The summed E-state index contributed by atoms with van der Waals surface area (Å²) >= 11 is 0. The predicted octanol–water partition coefficient (Wildman–Crippen LogP) is 2.76. The Bertz CT molecular complexity index is 578. The van der Waals surface area contributed by atoms with E-state index in [0.29, 0.717) is 24.2 Å². The van der Waals surface area contributed by atoms with Gasteiger partial charge in [0.1, 0.15) is 5.82 Å². The minimum atomic E-state index is -0.470. The molecular weight excluding hydrogens is 235 g/mol. The Labute approximate surface area is 104 Å². The molecule has 0 fully saturated rings. The van der Waals surface area contributed by atoms with Gasteiger partial charge in [0.2, 0.25) is 5.82 Å². The predicted molar refractivity (Wildman–Crippen MR) is 65.9 cm³/mol. The molecule has 5 heteroatoms. The minimum Gasteiger partial charge on any atom is -0.460 e. The van der Waals surface area contributed by atoms with Crippen LogP contribution in [0.1, 0.15) is 30.9 Å². The molecule has 96 valence electrons. The number of hydrogen-bond acceptors (Lipinski definition) is 3. The lowest BCUT2D eigenvalue weighted by molar-refractivity contribution is 0.0507. The van der Waals surface area contributed by atoms with E-state index in [4.69, 9.17) is 4.74 Å². The van der Waals surface area contributed by atoms with Gasteiger partial charge in [0, 0.05) is 6.54 Å². The molecule has 0 saturated heterocycles. The van der Waals surface area contributed by atoms with Gasteiger partial charge in [-0.25, -0.2) is 14.2 Å². The highest BCUT2D eigenvalue weighted by molar-refractivity contribution is 5.91. The van der Waals surface area contributed by atoms with Gasteiger partial charge in [0.25, 0.3) is 0 Å². The monoisotopic (exact) mass is 250 g/mol. The van der Waals surface area contributed by atoms with E-state index >= 15 is 0 Å². The Morgan fingerprint density at radius 3 is 2.89 bits per heavy atom. The summed E-state index contributed by atoms with van der Waals surface area (Å²) < 4.78 is 19.9. The average molecular weight is 250 g/mol. The molecule has 1 aromatic heterocycles. The normalized spacial score (nSPS) is 10.8. The highest BCUT2D eigenvalue weighted by atomic mass is 19.1. The van der Waals surface area contributed by atoms with Crippen LogP contribution < -0.4 is 0 Å². The molecule has 0 radical (unpaired) electrons. The second kappa shape index (κ2) is 5.16. The molecule has 0 saturated carbocycles. The molecule has 0 spiro atoms. The van der Waals surface area contributed by atoms with Crippen molar-refractivity contribution in [2.24, 2.45) is 0 Å². The maximum atomic E-state index is 13.3. The SMILES string of the molecule is CCCn1c(C(=O)OCC)nc2ccc(F)cc21. The zero-order valence-corrected chi connectivity index (χ0v) is 10.4. The van der Waals surface area contributed by atoms with Gasteiger partial charge >= 0.3 is 5.97 Å². The smallest absolute Gasteiger partial charge is 0.374 e. The fraction of sp³-hybridized carbons (Fsp3) is 0.385. The quantitative estimate of drug-likeness (QED) is 0.784. The van der Waals surface area contributed by atoms with E-state index in [0.717, 1.165) is 6.42 Å². The second-order valence-corrected chi connectivity index (χ2v) is 3.94. The van der Waals surface area contributed by atoms with Crippen LogP contribution in [0.3, 0.4) is 0 Å². The van der Waals surface area contributed by atoms with Crippen molar-refractivity contribution in [3.8, 4) is 0 Å². The van der Waals surface area contributed by atoms with Gasteiger partial charge < -0.3 is 9.30 Å². The molecule has 1 heterocycles. The van der Waals surface area contributed by atoms with Crippen LogP contribution in [0, 0.1) is 5.82 Å². The third-order valence-electron chi connectivity index (χ3n) is 2.62. The van der Waals surface area contributed by atoms with Crippen molar-refractivity contribution in [2.45, 2.75) is 26.8 Å². The van der Waals surface area contributed by atoms with E-state index in [1.807, 2.05) is 6.92 Å². The van der Waals surface area contributed by atoms with Gasteiger partial charge in [0.15, 0.2) is 0 Å². The topological polar surface area (TPSA) is 44.1 Å². The standard InChI is InChI=1S/C13H15FN2O2/c1-3-7-16-11-8-9(14)5-6-10(11)15-12(16)13(17)18-4-2/h5-6,8H,3-4,7H2,1-2H3. The van der Waals surface area contributed by atoms with Crippen LogP contribution in [0.4, 0.5) is 4.39 Å². The number of fused-ring (bicyclic) bond motifs is 1. The molecular formula is C13H15FN2O2. The molecule has 0 aliphatic rings. The Morgan fingerprint density at radius 1 is 1.44 bits per heavy atom. The molecule has 2 rings (SSSR count). The summed E-state index contributed by atoms with van der Waals surface area (Å²) in [4.78, 5) is 16.0. The highest BCUT2D eigenvalue weighted by Crippen LogP contribution is 2.18. The average Bonchev–Trinajstić information content (AvgIpc) is 2.69. The van der Waals surface area contributed by atoms with E-state index in [2.05, 4.69) is 4.98 Å². The molecule has 4 nitrogen and oxygen atoms in total. The Morgan fingerprint density at radius 2 is 2.22 bits per heavy atom. The fourth-order valence-electron chi connectivity index (χ4n) is 1.90. The van der Waals surface area contributed by atoms with E-state index in [1.54, 1.807) is 17.6 Å². The van der Waals surface area contributed by atoms with E-state index in [1.165, 1.54) is 12.1 Å². The molecule has 18 heavy (non-hydrogen) atoms. The van der Waals surface area contributed by atoms with Gasteiger partial charge in [-0.05, 0) is 31.5 Å². The summed E-state index contributed by atoms with van der Waals surface area (Å²) in [5.41, 5.74) is 1.23. The van der Waals surface area contributed by atoms with Crippen LogP contribution >= 0.6 is 0 Å².